The molecule has 7 nitrogen and oxygen atoms in total. The highest BCUT2D eigenvalue weighted by molar-refractivity contribution is 5.74. The smallest absolute Gasteiger partial charge is 0.315 e. The van der Waals surface area contributed by atoms with E-state index in [0.29, 0.717) is 5.82 Å². The quantitative estimate of drug-likeness (QED) is 0.769. The van der Waals surface area contributed by atoms with Crippen molar-refractivity contribution in [1.82, 2.24) is 25.2 Å². The lowest BCUT2D eigenvalue weighted by Crippen LogP contribution is -2.45. The number of carbonyl (C=O) groups excluding carboxylic acids is 1. The van der Waals surface area contributed by atoms with E-state index in [9.17, 15) is 4.79 Å². The third kappa shape index (κ3) is 3.49. The molecule has 0 radical (unpaired) electrons. The van der Waals surface area contributed by atoms with Crippen LogP contribution in [0.2, 0.25) is 0 Å². The standard InChI is InChI=1S/C14H21N5O2/c1-9(2)12(16-14(21)15-10(3)8-20)13-18-17-11-6-4-5-7-19(11)13/h4-7,9-10,12,20H,8H2,1-3H3,(H2,15,16,21)/t10-,12?/m0/s1. The molecule has 0 saturated heterocycles. The Balaban J connectivity index is 2.21. The normalized spacial score (nSPS) is 14.1. The van der Waals surface area contributed by atoms with Crippen molar-refractivity contribution in [2.24, 2.45) is 5.92 Å². The zero-order valence-corrected chi connectivity index (χ0v) is 12.4. The van der Waals surface area contributed by atoms with Crippen molar-refractivity contribution in [2.45, 2.75) is 32.9 Å². The average Bonchev–Trinajstić information content (AvgIpc) is 2.88. The maximum atomic E-state index is 12.0. The molecule has 1 unspecified atom stereocenters. The number of nitrogens with zero attached hydrogens (tertiary/aromatic N) is 3. The summed E-state index contributed by atoms with van der Waals surface area (Å²) in [5.41, 5.74) is 0.740. The first-order valence-corrected chi connectivity index (χ1v) is 7.00. The zero-order valence-electron chi connectivity index (χ0n) is 12.4. The fourth-order valence-electron chi connectivity index (χ4n) is 2.05. The number of aliphatic hydroxyl groups is 1. The Hall–Kier alpha value is -2.15. The van der Waals surface area contributed by atoms with Crippen molar-refractivity contribution >= 4 is 11.7 Å². The summed E-state index contributed by atoms with van der Waals surface area (Å²) in [6.07, 6.45) is 1.87. The molecule has 21 heavy (non-hydrogen) atoms. The lowest BCUT2D eigenvalue weighted by Gasteiger charge is -2.22. The van der Waals surface area contributed by atoms with Gasteiger partial charge < -0.3 is 15.7 Å². The molecule has 0 fully saturated rings. The number of urea groups is 1. The summed E-state index contributed by atoms with van der Waals surface area (Å²) in [6, 6.07) is 4.75. The number of hydrogen-bond donors (Lipinski definition) is 3. The second kappa shape index (κ2) is 6.53. The van der Waals surface area contributed by atoms with Crippen LogP contribution in [-0.4, -0.2) is 38.4 Å². The molecule has 0 aliphatic carbocycles. The van der Waals surface area contributed by atoms with E-state index in [1.54, 1.807) is 6.92 Å². The van der Waals surface area contributed by atoms with Crippen LogP contribution in [-0.2, 0) is 0 Å². The van der Waals surface area contributed by atoms with E-state index >= 15 is 0 Å². The van der Waals surface area contributed by atoms with E-state index in [1.165, 1.54) is 0 Å². The predicted octanol–water partition coefficient (Wildman–Crippen LogP) is 1.11. The molecule has 0 aromatic carbocycles. The van der Waals surface area contributed by atoms with Gasteiger partial charge in [-0.05, 0) is 25.0 Å². The van der Waals surface area contributed by atoms with Crippen LogP contribution in [0.4, 0.5) is 4.79 Å². The van der Waals surface area contributed by atoms with Crippen LogP contribution < -0.4 is 10.6 Å². The number of hydrogen-bond acceptors (Lipinski definition) is 4. The third-order valence-corrected chi connectivity index (χ3v) is 3.22. The number of aromatic nitrogens is 3. The van der Waals surface area contributed by atoms with E-state index in [-0.39, 0.29) is 30.6 Å². The summed E-state index contributed by atoms with van der Waals surface area (Å²) in [6.45, 7) is 5.64. The summed E-state index contributed by atoms with van der Waals surface area (Å²) >= 11 is 0. The number of fused-ring (bicyclic) bond motifs is 1. The molecular formula is C14H21N5O2. The first-order valence-electron chi connectivity index (χ1n) is 7.00. The highest BCUT2D eigenvalue weighted by atomic mass is 16.3. The number of nitrogens with one attached hydrogen (secondary N) is 2. The molecule has 0 saturated carbocycles. The summed E-state index contributed by atoms with van der Waals surface area (Å²) in [5, 5.41) is 22.8. The Kier molecular flexibility index (Phi) is 4.74. The molecule has 7 heteroatoms. The van der Waals surface area contributed by atoms with Crippen LogP contribution in [0.3, 0.4) is 0 Å². The van der Waals surface area contributed by atoms with Gasteiger partial charge in [0.1, 0.15) is 0 Å². The summed E-state index contributed by atoms with van der Waals surface area (Å²) in [7, 11) is 0. The van der Waals surface area contributed by atoms with E-state index in [1.807, 2.05) is 42.6 Å². The lowest BCUT2D eigenvalue weighted by atomic mass is 10.0. The lowest BCUT2D eigenvalue weighted by molar-refractivity contribution is 0.214. The van der Waals surface area contributed by atoms with Crippen molar-refractivity contribution in [3.8, 4) is 0 Å². The molecule has 114 valence electrons. The number of pyridine rings is 1. The Morgan fingerprint density at radius 1 is 1.29 bits per heavy atom. The summed E-state index contributed by atoms with van der Waals surface area (Å²) < 4.78 is 1.86. The monoisotopic (exact) mass is 291 g/mol. The van der Waals surface area contributed by atoms with Crippen molar-refractivity contribution in [3.05, 3.63) is 30.2 Å². The highest BCUT2D eigenvalue weighted by Crippen LogP contribution is 2.20. The minimum atomic E-state index is -0.331. The van der Waals surface area contributed by atoms with Gasteiger partial charge in [-0.15, -0.1) is 10.2 Å². The van der Waals surface area contributed by atoms with Crippen LogP contribution in [0.15, 0.2) is 24.4 Å². The Morgan fingerprint density at radius 2 is 2.05 bits per heavy atom. The SMILES string of the molecule is CC(C)C(NC(=O)N[C@@H](C)CO)c1nnc2ccccn12. The third-order valence-electron chi connectivity index (χ3n) is 3.22. The van der Waals surface area contributed by atoms with Crippen LogP contribution in [0.5, 0.6) is 0 Å². The maximum Gasteiger partial charge on any atom is 0.315 e. The molecule has 2 heterocycles. The minimum absolute atomic E-state index is 0.104. The minimum Gasteiger partial charge on any atom is -0.394 e. The zero-order chi connectivity index (χ0) is 15.4. The molecule has 2 atom stereocenters. The molecule has 0 bridgehead atoms. The van der Waals surface area contributed by atoms with Gasteiger partial charge in [0.2, 0.25) is 0 Å². The Bertz CT molecular complexity index is 610. The second-order valence-electron chi connectivity index (χ2n) is 5.41. The average molecular weight is 291 g/mol. The molecular weight excluding hydrogens is 270 g/mol. The number of rotatable bonds is 5. The van der Waals surface area contributed by atoms with Gasteiger partial charge in [0.05, 0.1) is 18.7 Å². The molecule has 2 rings (SSSR count). The van der Waals surface area contributed by atoms with Crippen LogP contribution in [0, 0.1) is 5.92 Å². The van der Waals surface area contributed by atoms with Crippen molar-refractivity contribution < 1.29 is 9.90 Å². The highest BCUT2D eigenvalue weighted by Gasteiger charge is 2.23. The summed E-state index contributed by atoms with van der Waals surface area (Å²) in [4.78, 5) is 12.0. The van der Waals surface area contributed by atoms with E-state index in [4.69, 9.17) is 5.11 Å². The number of aliphatic hydroxyl groups excluding tert-OH is 1. The molecule has 0 spiro atoms. The molecule has 2 aromatic heterocycles. The number of amides is 2. The van der Waals surface area contributed by atoms with Gasteiger partial charge >= 0.3 is 6.03 Å². The second-order valence-corrected chi connectivity index (χ2v) is 5.41. The Labute approximate surface area is 123 Å². The van der Waals surface area contributed by atoms with Gasteiger partial charge in [-0.25, -0.2) is 4.79 Å². The fraction of sp³-hybridized carbons (Fsp3) is 0.500. The first-order chi connectivity index (χ1) is 10.0. The number of carbonyl (C=O) groups is 1. The van der Waals surface area contributed by atoms with Gasteiger partial charge in [-0.2, -0.15) is 0 Å². The van der Waals surface area contributed by atoms with Gasteiger partial charge in [0.15, 0.2) is 11.5 Å². The van der Waals surface area contributed by atoms with Crippen LogP contribution in [0.25, 0.3) is 5.65 Å². The molecule has 0 aliphatic heterocycles. The molecule has 2 aromatic rings. The van der Waals surface area contributed by atoms with Crippen molar-refractivity contribution in [1.29, 1.82) is 0 Å². The molecule has 3 N–H and O–H groups in total. The van der Waals surface area contributed by atoms with Gasteiger partial charge in [-0.1, -0.05) is 19.9 Å². The maximum absolute atomic E-state index is 12.0. The predicted molar refractivity (Wildman–Crippen MR) is 78.8 cm³/mol. The largest absolute Gasteiger partial charge is 0.394 e. The topological polar surface area (TPSA) is 91.5 Å². The first kappa shape index (κ1) is 15.2. The van der Waals surface area contributed by atoms with E-state index < -0.39 is 0 Å². The van der Waals surface area contributed by atoms with Gasteiger partial charge in [-0.3, -0.25) is 4.40 Å². The summed E-state index contributed by atoms with van der Waals surface area (Å²) in [5.74, 6) is 0.834. The van der Waals surface area contributed by atoms with Crippen LogP contribution in [0.1, 0.15) is 32.6 Å². The fourth-order valence-corrected chi connectivity index (χ4v) is 2.05. The van der Waals surface area contributed by atoms with Crippen molar-refractivity contribution in [2.75, 3.05) is 6.61 Å². The van der Waals surface area contributed by atoms with Gasteiger partial charge in [0, 0.05) is 6.20 Å². The molecule has 0 aliphatic rings. The van der Waals surface area contributed by atoms with Crippen LogP contribution >= 0.6 is 0 Å². The van der Waals surface area contributed by atoms with Gasteiger partial charge in [0.25, 0.3) is 0 Å². The van der Waals surface area contributed by atoms with E-state index in [2.05, 4.69) is 20.8 Å². The Morgan fingerprint density at radius 3 is 2.71 bits per heavy atom. The van der Waals surface area contributed by atoms with Crippen molar-refractivity contribution in [3.63, 3.8) is 0 Å². The molecule has 2 amide bonds. The van der Waals surface area contributed by atoms with E-state index in [0.717, 1.165) is 5.65 Å².